The summed E-state index contributed by atoms with van der Waals surface area (Å²) in [6, 6.07) is 0. The zero-order chi connectivity index (χ0) is 12.3. The van der Waals surface area contributed by atoms with Crippen molar-refractivity contribution in [1.82, 2.24) is 20.3 Å². The first kappa shape index (κ1) is 12.5. The van der Waals surface area contributed by atoms with E-state index in [1.54, 1.807) is 7.11 Å². The standard InChI is InChI=1S/C12H22N4O/c1-9(17-3)12-11(8-13-2)14-15-16(12)7-6-10-4-5-10/h9-10,13H,4-8H2,1-3H3. The first-order valence-corrected chi connectivity index (χ1v) is 6.36. The van der Waals surface area contributed by atoms with Crippen LogP contribution in [-0.4, -0.2) is 29.2 Å². The first-order chi connectivity index (χ1) is 8.26. The number of hydrogen-bond acceptors (Lipinski definition) is 4. The summed E-state index contributed by atoms with van der Waals surface area (Å²) in [4.78, 5) is 0. The molecule has 96 valence electrons. The van der Waals surface area contributed by atoms with Gasteiger partial charge in [0.2, 0.25) is 0 Å². The van der Waals surface area contributed by atoms with Crippen molar-refractivity contribution in [3.05, 3.63) is 11.4 Å². The van der Waals surface area contributed by atoms with Gasteiger partial charge in [0.05, 0.1) is 11.8 Å². The lowest BCUT2D eigenvalue weighted by Gasteiger charge is -2.13. The third-order valence-electron chi connectivity index (χ3n) is 3.38. The average molecular weight is 238 g/mol. The fourth-order valence-electron chi connectivity index (χ4n) is 2.08. The molecule has 1 fully saturated rings. The third-order valence-corrected chi connectivity index (χ3v) is 3.38. The Kier molecular flexibility index (Phi) is 4.12. The van der Waals surface area contributed by atoms with E-state index < -0.39 is 0 Å². The van der Waals surface area contributed by atoms with Crippen LogP contribution < -0.4 is 5.32 Å². The van der Waals surface area contributed by atoms with Gasteiger partial charge in [-0.25, -0.2) is 4.68 Å². The van der Waals surface area contributed by atoms with Gasteiger partial charge in [-0.15, -0.1) is 5.10 Å². The molecule has 0 saturated heterocycles. The van der Waals surface area contributed by atoms with Crippen LogP contribution in [0, 0.1) is 5.92 Å². The van der Waals surface area contributed by atoms with Gasteiger partial charge in [-0.1, -0.05) is 18.1 Å². The van der Waals surface area contributed by atoms with Crippen LogP contribution in [0.5, 0.6) is 0 Å². The highest BCUT2D eigenvalue weighted by Gasteiger charge is 2.23. The summed E-state index contributed by atoms with van der Waals surface area (Å²) in [6.07, 6.45) is 4.03. The zero-order valence-electron chi connectivity index (χ0n) is 10.9. The van der Waals surface area contributed by atoms with E-state index >= 15 is 0 Å². The van der Waals surface area contributed by atoms with Crippen LogP contribution in [0.3, 0.4) is 0 Å². The van der Waals surface area contributed by atoms with Gasteiger partial charge >= 0.3 is 0 Å². The van der Waals surface area contributed by atoms with Crippen LogP contribution >= 0.6 is 0 Å². The van der Waals surface area contributed by atoms with Gasteiger partial charge < -0.3 is 10.1 Å². The molecule has 1 N–H and O–H groups in total. The number of methoxy groups -OCH3 is 1. The normalized spacial score (nSPS) is 17.4. The van der Waals surface area contributed by atoms with Gasteiger partial charge in [0.15, 0.2) is 0 Å². The van der Waals surface area contributed by atoms with E-state index in [4.69, 9.17) is 4.74 Å². The molecule has 1 aromatic heterocycles. The molecule has 0 radical (unpaired) electrons. The highest BCUT2D eigenvalue weighted by atomic mass is 16.5. The predicted molar refractivity (Wildman–Crippen MR) is 65.6 cm³/mol. The number of rotatable bonds is 7. The fraction of sp³-hybridized carbons (Fsp3) is 0.833. The molecular formula is C12H22N4O. The van der Waals surface area contributed by atoms with Crippen LogP contribution in [0.4, 0.5) is 0 Å². The minimum Gasteiger partial charge on any atom is -0.375 e. The molecule has 1 aromatic rings. The molecule has 1 aliphatic carbocycles. The summed E-state index contributed by atoms with van der Waals surface area (Å²) < 4.78 is 7.43. The number of hydrogen-bond donors (Lipinski definition) is 1. The van der Waals surface area contributed by atoms with E-state index in [9.17, 15) is 0 Å². The minimum atomic E-state index is 0.0487. The molecule has 0 bridgehead atoms. The first-order valence-electron chi connectivity index (χ1n) is 6.36. The molecular weight excluding hydrogens is 216 g/mol. The van der Waals surface area contributed by atoms with Crippen molar-refractivity contribution in [2.24, 2.45) is 5.92 Å². The second-order valence-electron chi connectivity index (χ2n) is 4.78. The average Bonchev–Trinajstić information content (AvgIpc) is 3.08. The summed E-state index contributed by atoms with van der Waals surface area (Å²) in [5, 5.41) is 11.6. The lowest BCUT2D eigenvalue weighted by molar-refractivity contribution is 0.110. The maximum Gasteiger partial charge on any atom is 0.102 e. The van der Waals surface area contributed by atoms with Crippen molar-refractivity contribution in [2.75, 3.05) is 14.2 Å². The van der Waals surface area contributed by atoms with E-state index in [1.807, 2.05) is 18.7 Å². The third kappa shape index (κ3) is 3.04. The summed E-state index contributed by atoms with van der Waals surface area (Å²) >= 11 is 0. The Morgan fingerprint density at radius 1 is 1.53 bits per heavy atom. The minimum absolute atomic E-state index is 0.0487. The van der Waals surface area contributed by atoms with Gasteiger partial charge in [0, 0.05) is 20.2 Å². The van der Waals surface area contributed by atoms with E-state index in [0.717, 1.165) is 30.4 Å². The molecule has 0 aromatic carbocycles. The van der Waals surface area contributed by atoms with Crippen molar-refractivity contribution in [2.45, 2.75) is 45.4 Å². The van der Waals surface area contributed by atoms with Crippen molar-refractivity contribution in [1.29, 1.82) is 0 Å². The fourth-order valence-corrected chi connectivity index (χ4v) is 2.08. The van der Waals surface area contributed by atoms with Gasteiger partial charge in [0.1, 0.15) is 5.69 Å². The molecule has 1 heterocycles. The molecule has 5 heteroatoms. The van der Waals surface area contributed by atoms with Crippen LogP contribution in [0.25, 0.3) is 0 Å². The molecule has 2 rings (SSSR count). The molecule has 1 aliphatic rings. The molecule has 1 saturated carbocycles. The van der Waals surface area contributed by atoms with E-state index in [0.29, 0.717) is 0 Å². The maximum atomic E-state index is 5.42. The Hall–Kier alpha value is -0.940. The second kappa shape index (κ2) is 5.60. The van der Waals surface area contributed by atoms with Crippen molar-refractivity contribution in [3.63, 3.8) is 0 Å². The van der Waals surface area contributed by atoms with Crippen molar-refractivity contribution >= 4 is 0 Å². The molecule has 1 atom stereocenters. The van der Waals surface area contributed by atoms with Crippen LogP contribution in [0.1, 0.15) is 43.7 Å². The Bertz CT molecular complexity index is 359. The Labute approximate surface area is 103 Å². The van der Waals surface area contributed by atoms with Crippen LogP contribution in [0.2, 0.25) is 0 Å². The summed E-state index contributed by atoms with van der Waals surface area (Å²) in [5.41, 5.74) is 2.11. The number of nitrogens with zero attached hydrogens (tertiary/aromatic N) is 3. The SMILES string of the molecule is CNCc1nnn(CCC2CC2)c1C(C)OC. The van der Waals surface area contributed by atoms with Gasteiger partial charge in [-0.05, 0) is 26.3 Å². The zero-order valence-corrected chi connectivity index (χ0v) is 10.9. The maximum absolute atomic E-state index is 5.42. The largest absolute Gasteiger partial charge is 0.375 e. The number of aryl methyl sites for hydroxylation is 1. The van der Waals surface area contributed by atoms with E-state index in [2.05, 4.69) is 15.6 Å². The Morgan fingerprint density at radius 2 is 2.29 bits per heavy atom. The van der Waals surface area contributed by atoms with Gasteiger partial charge in [-0.3, -0.25) is 0 Å². The lowest BCUT2D eigenvalue weighted by atomic mass is 10.2. The molecule has 17 heavy (non-hydrogen) atoms. The lowest BCUT2D eigenvalue weighted by Crippen LogP contribution is -2.14. The Balaban J connectivity index is 2.11. The van der Waals surface area contributed by atoms with Gasteiger partial charge in [-0.2, -0.15) is 0 Å². The van der Waals surface area contributed by atoms with Gasteiger partial charge in [0.25, 0.3) is 0 Å². The molecule has 0 aliphatic heterocycles. The summed E-state index contributed by atoms with van der Waals surface area (Å²) in [6.45, 7) is 3.75. The molecule has 0 spiro atoms. The topological polar surface area (TPSA) is 52.0 Å². The van der Waals surface area contributed by atoms with Crippen molar-refractivity contribution in [3.8, 4) is 0 Å². The van der Waals surface area contributed by atoms with Crippen LogP contribution in [0.15, 0.2) is 0 Å². The molecule has 5 nitrogen and oxygen atoms in total. The summed E-state index contributed by atoms with van der Waals surface area (Å²) in [7, 11) is 3.65. The highest BCUT2D eigenvalue weighted by molar-refractivity contribution is 5.13. The monoisotopic (exact) mass is 238 g/mol. The van der Waals surface area contributed by atoms with E-state index in [1.165, 1.54) is 19.3 Å². The number of ether oxygens (including phenoxy) is 1. The highest BCUT2D eigenvalue weighted by Crippen LogP contribution is 2.33. The second-order valence-corrected chi connectivity index (χ2v) is 4.78. The number of nitrogens with one attached hydrogen (secondary N) is 1. The van der Waals surface area contributed by atoms with Crippen LogP contribution in [-0.2, 0) is 17.8 Å². The predicted octanol–water partition coefficient (Wildman–Crippen LogP) is 1.50. The smallest absolute Gasteiger partial charge is 0.102 e. The summed E-state index contributed by atoms with van der Waals surface area (Å²) in [5.74, 6) is 0.914. The van der Waals surface area contributed by atoms with E-state index in [-0.39, 0.29) is 6.10 Å². The molecule has 0 amide bonds. The number of aromatic nitrogens is 3. The van der Waals surface area contributed by atoms with Crippen molar-refractivity contribution < 1.29 is 4.74 Å². The Morgan fingerprint density at radius 3 is 2.88 bits per heavy atom. The quantitative estimate of drug-likeness (QED) is 0.782. The molecule has 1 unspecified atom stereocenters.